The van der Waals surface area contributed by atoms with Crippen LogP contribution in [0.5, 0.6) is 0 Å². The average molecular weight is 510 g/mol. The lowest BCUT2D eigenvalue weighted by Crippen LogP contribution is -2.60. The molecule has 0 saturated heterocycles. The van der Waals surface area contributed by atoms with Crippen LogP contribution in [0.15, 0.2) is 30.3 Å². The van der Waals surface area contributed by atoms with Crippen molar-refractivity contribution >= 4 is 35.6 Å². The summed E-state index contributed by atoms with van der Waals surface area (Å²) in [5.74, 6) is -6.51. The lowest BCUT2D eigenvalue weighted by Gasteiger charge is -2.26. The predicted molar refractivity (Wildman–Crippen MR) is 124 cm³/mol. The van der Waals surface area contributed by atoms with Gasteiger partial charge in [0, 0.05) is 12.8 Å². The first-order valence-corrected chi connectivity index (χ1v) is 10.9. The molecule has 0 saturated carbocycles. The van der Waals surface area contributed by atoms with Crippen LogP contribution in [-0.2, 0) is 35.2 Å². The third-order valence-electron chi connectivity index (χ3n) is 5.00. The largest absolute Gasteiger partial charge is 0.481 e. The Morgan fingerprint density at radius 3 is 1.97 bits per heavy atom. The van der Waals surface area contributed by atoms with Crippen LogP contribution in [0.1, 0.15) is 31.7 Å². The number of carbonyl (C=O) groups excluding carboxylic acids is 4. The van der Waals surface area contributed by atoms with Crippen LogP contribution in [0, 0.1) is 0 Å². The number of aliphatic hydroxyl groups is 1. The van der Waals surface area contributed by atoms with Gasteiger partial charge < -0.3 is 42.7 Å². The number of hydrogen-bond acceptors (Lipinski definition) is 8. The summed E-state index contributed by atoms with van der Waals surface area (Å²) in [6.45, 7) is 1.17. The van der Waals surface area contributed by atoms with Crippen molar-refractivity contribution in [2.75, 3.05) is 0 Å². The van der Waals surface area contributed by atoms with Gasteiger partial charge in [-0.05, 0) is 18.9 Å². The number of nitrogens with one attached hydrogen (secondary N) is 3. The van der Waals surface area contributed by atoms with Gasteiger partial charge in [0.1, 0.15) is 18.1 Å². The van der Waals surface area contributed by atoms with Crippen LogP contribution in [0.3, 0.4) is 0 Å². The monoisotopic (exact) mass is 509 g/mol. The second-order valence-electron chi connectivity index (χ2n) is 8.09. The van der Waals surface area contributed by atoms with E-state index in [0.717, 1.165) is 0 Å². The Hall–Kier alpha value is -4.04. The van der Waals surface area contributed by atoms with E-state index in [-0.39, 0.29) is 19.3 Å². The Bertz CT molecular complexity index is 954. The third-order valence-corrected chi connectivity index (χ3v) is 5.00. The smallest absolute Gasteiger partial charge is 0.326 e. The summed E-state index contributed by atoms with van der Waals surface area (Å²) in [6, 6.07) is 2.62. The Morgan fingerprint density at radius 1 is 0.889 bits per heavy atom. The van der Waals surface area contributed by atoms with Gasteiger partial charge in [0.15, 0.2) is 0 Å². The molecular weight excluding hydrogens is 478 g/mol. The van der Waals surface area contributed by atoms with E-state index in [9.17, 15) is 39.0 Å². The van der Waals surface area contributed by atoms with Gasteiger partial charge in [-0.15, -0.1) is 0 Å². The highest BCUT2D eigenvalue weighted by Crippen LogP contribution is 2.06. The molecule has 0 fully saturated rings. The number of carboxylic acids is 2. The van der Waals surface area contributed by atoms with Crippen LogP contribution in [0.2, 0.25) is 0 Å². The predicted octanol–water partition coefficient (Wildman–Crippen LogP) is -2.78. The maximum absolute atomic E-state index is 13.0. The molecule has 14 heteroatoms. The summed E-state index contributed by atoms with van der Waals surface area (Å²) in [4.78, 5) is 71.3. The number of aliphatic hydroxyl groups excluding tert-OH is 1. The van der Waals surface area contributed by atoms with Gasteiger partial charge in [0.25, 0.3) is 0 Å². The fourth-order valence-corrected chi connectivity index (χ4v) is 3.07. The molecule has 5 atom stereocenters. The standard InChI is InChI=1S/C22H31N5O9/c1-11(28)18(21(34)26-15(22(35)36)10-16(24)29)27-20(33)14(9-12-5-3-2-4-6-12)25-19(32)13(23)7-8-17(30)31/h2-6,11,13-15,18,28H,7-10,23H2,1H3,(H2,24,29)(H,25,32)(H,26,34)(H,27,33)(H,30,31)(H,35,36). The van der Waals surface area contributed by atoms with E-state index in [4.69, 9.17) is 16.6 Å². The van der Waals surface area contributed by atoms with Crippen molar-refractivity contribution in [2.24, 2.45) is 11.5 Å². The van der Waals surface area contributed by atoms with E-state index in [1.165, 1.54) is 6.92 Å². The van der Waals surface area contributed by atoms with Gasteiger partial charge in [-0.1, -0.05) is 30.3 Å². The number of carboxylic acid groups (broad SMARTS) is 2. The average Bonchev–Trinajstić information content (AvgIpc) is 2.79. The van der Waals surface area contributed by atoms with E-state index >= 15 is 0 Å². The van der Waals surface area contributed by atoms with E-state index in [1.807, 2.05) is 5.32 Å². The van der Waals surface area contributed by atoms with Gasteiger partial charge in [-0.2, -0.15) is 0 Å². The molecule has 1 aromatic rings. The number of benzene rings is 1. The highest BCUT2D eigenvalue weighted by atomic mass is 16.4. The summed E-state index contributed by atoms with van der Waals surface area (Å²) >= 11 is 0. The van der Waals surface area contributed by atoms with Crippen molar-refractivity contribution in [3.8, 4) is 0 Å². The minimum absolute atomic E-state index is 0.0440. The minimum Gasteiger partial charge on any atom is -0.481 e. The summed E-state index contributed by atoms with van der Waals surface area (Å²) < 4.78 is 0. The van der Waals surface area contributed by atoms with Crippen molar-refractivity contribution in [1.82, 2.24) is 16.0 Å². The van der Waals surface area contributed by atoms with Crippen molar-refractivity contribution in [3.63, 3.8) is 0 Å². The highest BCUT2D eigenvalue weighted by molar-refractivity contribution is 5.95. The Balaban J connectivity index is 3.06. The Morgan fingerprint density at radius 2 is 1.47 bits per heavy atom. The fourth-order valence-electron chi connectivity index (χ4n) is 3.07. The van der Waals surface area contributed by atoms with Crippen LogP contribution in [-0.4, -0.2) is 81.2 Å². The van der Waals surface area contributed by atoms with E-state index in [0.29, 0.717) is 5.56 Å². The number of amides is 4. The van der Waals surface area contributed by atoms with E-state index in [1.54, 1.807) is 30.3 Å². The van der Waals surface area contributed by atoms with Gasteiger partial charge in [-0.25, -0.2) is 4.79 Å². The number of nitrogens with two attached hydrogens (primary N) is 2. The van der Waals surface area contributed by atoms with Gasteiger partial charge >= 0.3 is 11.9 Å². The molecule has 0 spiro atoms. The molecular formula is C22H31N5O9. The van der Waals surface area contributed by atoms with Crippen LogP contribution >= 0.6 is 0 Å². The SMILES string of the molecule is CC(O)C(NC(=O)C(Cc1ccccc1)NC(=O)C(N)CCC(=O)O)C(=O)NC(CC(N)=O)C(=O)O. The first-order valence-electron chi connectivity index (χ1n) is 10.9. The summed E-state index contributed by atoms with van der Waals surface area (Å²) in [6.07, 6.45) is -2.82. The first-order chi connectivity index (χ1) is 16.8. The molecule has 14 nitrogen and oxygen atoms in total. The molecule has 0 aliphatic rings. The molecule has 0 aromatic heterocycles. The lowest BCUT2D eigenvalue weighted by atomic mass is 10.0. The van der Waals surface area contributed by atoms with Crippen molar-refractivity contribution in [3.05, 3.63) is 35.9 Å². The number of primary amides is 1. The fraction of sp³-hybridized carbons (Fsp3) is 0.455. The number of rotatable bonds is 15. The molecule has 0 heterocycles. The maximum atomic E-state index is 13.0. The molecule has 36 heavy (non-hydrogen) atoms. The topological polar surface area (TPSA) is 251 Å². The third kappa shape index (κ3) is 10.5. The Kier molecular flexibility index (Phi) is 12.0. The van der Waals surface area contributed by atoms with Crippen molar-refractivity contribution in [1.29, 1.82) is 0 Å². The van der Waals surface area contributed by atoms with E-state index < -0.39 is 72.3 Å². The summed E-state index contributed by atoms with van der Waals surface area (Å²) in [5.41, 5.74) is 11.3. The quantitative estimate of drug-likeness (QED) is 0.121. The second kappa shape index (κ2) is 14.4. The molecule has 10 N–H and O–H groups in total. The zero-order valence-electron chi connectivity index (χ0n) is 19.5. The maximum Gasteiger partial charge on any atom is 0.326 e. The summed E-state index contributed by atoms with van der Waals surface area (Å²) in [7, 11) is 0. The molecule has 1 rings (SSSR count). The normalized spacial score (nSPS) is 14.9. The van der Waals surface area contributed by atoms with Crippen molar-refractivity contribution < 1.29 is 44.1 Å². The Labute approximate surface area is 206 Å². The molecule has 0 aliphatic carbocycles. The zero-order chi connectivity index (χ0) is 27.4. The second-order valence-corrected chi connectivity index (χ2v) is 8.09. The van der Waals surface area contributed by atoms with Crippen LogP contribution in [0.4, 0.5) is 0 Å². The molecule has 5 unspecified atom stereocenters. The number of carbonyl (C=O) groups is 6. The van der Waals surface area contributed by atoms with Gasteiger partial charge in [0.2, 0.25) is 23.6 Å². The zero-order valence-corrected chi connectivity index (χ0v) is 19.5. The van der Waals surface area contributed by atoms with Gasteiger partial charge in [0.05, 0.1) is 18.6 Å². The van der Waals surface area contributed by atoms with E-state index in [2.05, 4.69) is 10.6 Å². The summed E-state index contributed by atoms with van der Waals surface area (Å²) in [5, 5.41) is 34.7. The number of aliphatic carboxylic acids is 2. The van der Waals surface area contributed by atoms with Gasteiger partial charge in [-0.3, -0.25) is 24.0 Å². The highest BCUT2D eigenvalue weighted by Gasteiger charge is 2.33. The van der Waals surface area contributed by atoms with Crippen LogP contribution in [0.25, 0.3) is 0 Å². The molecule has 1 aromatic carbocycles. The molecule has 4 amide bonds. The minimum atomic E-state index is -1.69. The first kappa shape index (κ1) is 30.0. The molecule has 0 aliphatic heterocycles. The number of hydrogen-bond donors (Lipinski definition) is 8. The molecule has 0 bridgehead atoms. The molecule has 0 radical (unpaired) electrons. The van der Waals surface area contributed by atoms with Crippen molar-refractivity contribution in [2.45, 2.75) is 62.9 Å². The lowest BCUT2D eigenvalue weighted by molar-refractivity contribution is -0.144. The van der Waals surface area contributed by atoms with Crippen LogP contribution < -0.4 is 27.4 Å². The molecule has 198 valence electrons.